The van der Waals surface area contributed by atoms with E-state index in [4.69, 9.17) is 5.73 Å². The van der Waals surface area contributed by atoms with Gasteiger partial charge in [-0.1, -0.05) is 25.3 Å². The summed E-state index contributed by atoms with van der Waals surface area (Å²) in [4.78, 5) is 1.98. The minimum atomic E-state index is 0.123. The van der Waals surface area contributed by atoms with E-state index in [9.17, 15) is 0 Å². The van der Waals surface area contributed by atoms with Crippen molar-refractivity contribution < 1.29 is 0 Å². The zero-order valence-corrected chi connectivity index (χ0v) is 8.83. The fourth-order valence-electron chi connectivity index (χ4n) is 1.83. The van der Waals surface area contributed by atoms with Gasteiger partial charge < -0.3 is 16.0 Å². The average molecular weight is 201 g/mol. The molecule has 1 heterocycles. The summed E-state index contributed by atoms with van der Waals surface area (Å²) in [7, 11) is 0. The Bertz CT molecular complexity index is 423. The summed E-state index contributed by atoms with van der Waals surface area (Å²) < 4.78 is 0. The first kappa shape index (κ1) is 9.65. The fraction of sp³-hybridized carbons (Fsp3) is 0.167. The second kappa shape index (κ2) is 3.35. The molecule has 1 aromatic carbocycles. The maximum atomic E-state index is 5.80. The van der Waals surface area contributed by atoms with Crippen LogP contribution in [0, 0.1) is 0 Å². The van der Waals surface area contributed by atoms with Gasteiger partial charge in [0.05, 0.1) is 23.2 Å². The smallest absolute Gasteiger partial charge is 0.0964 e. The van der Waals surface area contributed by atoms with Gasteiger partial charge in [-0.05, 0) is 19.1 Å². The fourth-order valence-corrected chi connectivity index (χ4v) is 1.83. The summed E-state index contributed by atoms with van der Waals surface area (Å²) in [6, 6.07) is 8.10. The molecule has 0 saturated heterocycles. The van der Waals surface area contributed by atoms with Gasteiger partial charge in [0.1, 0.15) is 0 Å². The van der Waals surface area contributed by atoms with Crippen LogP contribution in [0.3, 0.4) is 0 Å². The van der Waals surface area contributed by atoms with Gasteiger partial charge in [0.15, 0.2) is 0 Å². The van der Waals surface area contributed by atoms with E-state index in [1.807, 2.05) is 36.1 Å². The van der Waals surface area contributed by atoms with Gasteiger partial charge in [0.25, 0.3) is 0 Å². The molecule has 0 aliphatic carbocycles. The molecule has 0 bridgehead atoms. The first-order valence-electron chi connectivity index (χ1n) is 4.89. The maximum absolute atomic E-state index is 5.80. The number of hydrogen-bond acceptors (Lipinski definition) is 3. The highest BCUT2D eigenvalue weighted by molar-refractivity contribution is 5.77. The van der Waals surface area contributed by atoms with E-state index in [1.165, 1.54) is 0 Å². The highest BCUT2D eigenvalue weighted by Crippen LogP contribution is 2.35. The first-order chi connectivity index (χ1) is 7.11. The number of fused-ring (bicyclic) bond motifs is 1. The number of nitrogens with one attached hydrogen (secondary N) is 1. The van der Waals surface area contributed by atoms with Crippen LogP contribution in [0.1, 0.15) is 6.92 Å². The molecule has 1 aliphatic rings. The van der Waals surface area contributed by atoms with Crippen LogP contribution in [0.4, 0.5) is 11.4 Å². The lowest BCUT2D eigenvalue weighted by Crippen LogP contribution is -2.41. The minimum absolute atomic E-state index is 0.123. The van der Waals surface area contributed by atoms with Gasteiger partial charge in [0, 0.05) is 5.70 Å². The molecule has 0 spiro atoms. The molecule has 1 unspecified atom stereocenters. The molecular formula is C12H15N3. The van der Waals surface area contributed by atoms with Gasteiger partial charge in [-0.15, -0.1) is 0 Å². The Labute approximate surface area is 89.9 Å². The molecule has 2 rings (SSSR count). The number of nitrogens with two attached hydrogens (primary N) is 1. The van der Waals surface area contributed by atoms with Crippen molar-refractivity contribution in [3.05, 3.63) is 48.9 Å². The third kappa shape index (κ3) is 1.46. The maximum Gasteiger partial charge on any atom is 0.0964 e. The Morgan fingerprint density at radius 3 is 2.80 bits per heavy atom. The number of nitrogens with zero attached hydrogens (tertiary/aromatic N) is 1. The van der Waals surface area contributed by atoms with Crippen LogP contribution in [-0.4, -0.2) is 6.04 Å². The lowest BCUT2D eigenvalue weighted by Gasteiger charge is -2.38. The molecule has 3 nitrogen and oxygen atoms in total. The lowest BCUT2D eigenvalue weighted by atomic mass is 10.1. The number of hydrogen-bond donors (Lipinski definition) is 2. The molecule has 1 atom stereocenters. The van der Waals surface area contributed by atoms with Crippen LogP contribution in [0.2, 0.25) is 0 Å². The molecule has 78 valence electrons. The van der Waals surface area contributed by atoms with Crippen LogP contribution < -0.4 is 16.0 Å². The SMILES string of the molecule is C=C1Nc2ccccc2N(C(=C)N)C1C. The van der Waals surface area contributed by atoms with Crippen molar-refractivity contribution in [3.8, 4) is 0 Å². The highest BCUT2D eigenvalue weighted by atomic mass is 15.3. The minimum Gasteiger partial charge on any atom is -0.386 e. The first-order valence-corrected chi connectivity index (χ1v) is 4.89. The van der Waals surface area contributed by atoms with Crippen molar-refractivity contribution in [1.82, 2.24) is 0 Å². The van der Waals surface area contributed by atoms with Gasteiger partial charge in [0.2, 0.25) is 0 Å². The van der Waals surface area contributed by atoms with Crippen molar-refractivity contribution in [2.75, 3.05) is 10.2 Å². The molecule has 0 saturated carbocycles. The third-order valence-corrected chi connectivity index (χ3v) is 2.66. The van der Waals surface area contributed by atoms with Crippen molar-refractivity contribution in [1.29, 1.82) is 0 Å². The number of anilines is 2. The zero-order valence-electron chi connectivity index (χ0n) is 8.83. The summed E-state index contributed by atoms with van der Waals surface area (Å²) >= 11 is 0. The second-order valence-corrected chi connectivity index (χ2v) is 3.70. The topological polar surface area (TPSA) is 41.3 Å². The summed E-state index contributed by atoms with van der Waals surface area (Å²) in [6.07, 6.45) is 0. The Hall–Kier alpha value is -1.90. The second-order valence-electron chi connectivity index (χ2n) is 3.70. The van der Waals surface area contributed by atoms with E-state index >= 15 is 0 Å². The molecule has 0 fully saturated rings. The lowest BCUT2D eigenvalue weighted by molar-refractivity contribution is 0.764. The van der Waals surface area contributed by atoms with Crippen molar-refractivity contribution in [2.45, 2.75) is 13.0 Å². The quantitative estimate of drug-likeness (QED) is 0.732. The Balaban J connectivity index is 2.54. The summed E-state index contributed by atoms with van der Waals surface area (Å²) in [5, 5.41) is 3.26. The van der Waals surface area contributed by atoms with Crippen LogP contribution >= 0.6 is 0 Å². The van der Waals surface area contributed by atoms with Crippen LogP contribution in [0.15, 0.2) is 48.9 Å². The van der Waals surface area contributed by atoms with E-state index in [-0.39, 0.29) is 6.04 Å². The van der Waals surface area contributed by atoms with Gasteiger partial charge >= 0.3 is 0 Å². The van der Waals surface area contributed by atoms with E-state index in [0.29, 0.717) is 5.82 Å². The van der Waals surface area contributed by atoms with Crippen molar-refractivity contribution in [2.24, 2.45) is 5.73 Å². The predicted molar refractivity (Wildman–Crippen MR) is 64.5 cm³/mol. The molecule has 3 heteroatoms. The van der Waals surface area contributed by atoms with Gasteiger partial charge in [-0.3, -0.25) is 0 Å². The van der Waals surface area contributed by atoms with E-state index in [2.05, 4.69) is 18.5 Å². The van der Waals surface area contributed by atoms with Crippen LogP contribution in [-0.2, 0) is 0 Å². The molecular weight excluding hydrogens is 186 g/mol. The van der Waals surface area contributed by atoms with Gasteiger partial charge in [-0.25, -0.2) is 0 Å². The van der Waals surface area contributed by atoms with Crippen molar-refractivity contribution >= 4 is 11.4 Å². The number of rotatable bonds is 1. The molecule has 0 radical (unpaired) electrons. The predicted octanol–water partition coefficient (Wildman–Crippen LogP) is 2.25. The Morgan fingerprint density at radius 1 is 1.47 bits per heavy atom. The molecule has 1 aromatic rings. The number of benzene rings is 1. The summed E-state index contributed by atoms with van der Waals surface area (Å²) in [5.41, 5.74) is 8.79. The third-order valence-electron chi connectivity index (χ3n) is 2.66. The Morgan fingerprint density at radius 2 is 2.13 bits per heavy atom. The largest absolute Gasteiger partial charge is 0.386 e. The molecule has 15 heavy (non-hydrogen) atoms. The van der Waals surface area contributed by atoms with E-state index in [1.54, 1.807) is 0 Å². The van der Waals surface area contributed by atoms with Crippen LogP contribution in [0.25, 0.3) is 0 Å². The normalized spacial score (nSPS) is 19.4. The average Bonchev–Trinajstić information content (AvgIpc) is 2.19. The van der Waals surface area contributed by atoms with Gasteiger partial charge in [-0.2, -0.15) is 0 Å². The molecule has 3 N–H and O–H groups in total. The molecule has 0 aromatic heterocycles. The van der Waals surface area contributed by atoms with E-state index < -0.39 is 0 Å². The summed E-state index contributed by atoms with van der Waals surface area (Å²) in [6.45, 7) is 9.82. The highest BCUT2D eigenvalue weighted by Gasteiger charge is 2.25. The molecule has 0 amide bonds. The summed E-state index contributed by atoms with van der Waals surface area (Å²) in [5.74, 6) is 0.539. The monoisotopic (exact) mass is 201 g/mol. The number of para-hydroxylation sites is 2. The van der Waals surface area contributed by atoms with Crippen molar-refractivity contribution in [3.63, 3.8) is 0 Å². The zero-order chi connectivity index (χ0) is 11.0. The Kier molecular flexibility index (Phi) is 2.15. The van der Waals surface area contributed by atoms with Crippen LogP contribution in [0.5, 0.6) is 0 Å². The molecule has 1 aliphatic heterocycles. The standard InChI is InChI=1S/C12H15N3/c1-8-9(2)15(10(3)13)12-7-5-4-6-11(12)14-8/h4-7,9,14H,1,3,13H2,2H3. The van der Waals surface area contributed by atoms with E-state index in [0.717, 1.165) is 17.1 Å².